The standard InChI is InChI=1S/C14H28N2O2/c1-4-18-14(17)12(2)11-15-8-5-13-6-9-16(3)10-7-13/h12-13,15H,4-11H2,1-3H3. The van der Waals surface area contributed by atoms with Crippen LogP contribution in [0.25, 0.3) is 0 Å². The van der Waals surface area contributed by atoms with Crippen LogP contribution in [-0.4, -0.2) is 50.7 Å². The summed E-state index contributed by atoms with van der Waals surface area (Å²) >= 11 is 0. The highest BCUT2D eigenvalue weighted by molar-refractivity contribution is 5.72. The Labute approximate surface area is 111 Å². The van der Waals surface area contributed by atoms with Gasteiger partial charge in [0.25, 0.3) is 0 Å². The number of hydrogen-bond donors (Lipinski definition) is 1. The van der Waals surface area contributed by atoms with Crippen molar-refractivity contribution >= 4 is 5.97 Å². The van der Waals surface area contributed by atoms with Gasteiger partial charge >= 0.3 is 5.97 Å². The van der Waals surface area contributed by atoms with Crippen LogP contribution in [0.3, 0.4) is 0 Å². The number of ether oxygens (including phenoxy) is 1. The van der Waals surface area contributed by atoms with Crippen molar-refractivity contribution in [1.29, 1.82) is 0 Å². The molecule has 0 spiro atoms. The van der Waals surface area contributed by atoms with Gasteiger partial charge in [0.2, 0.25) is 0 Å². The molecule has 1 aliphatic heterocycles. The first-order chi connectivity index (χ1) is 8.63. The summed E-state index contributed by atoms with van der Waals surface area (Å²) in [5.74, 6) is 0.721. The van der Waals surface area contributed by atoms with E-state index in [9.17, 15) is 4.79 Å². The Bertz CT molecular complexity index is 238. The van der Waals surface area contributed by atoms with Crippen molar-refractivity contribution in [1.82, 2.24) is 10.2 Å². The van der Waals surface area contributed by atoms with E-state index in [4.69, 9.17) is 4.74 Å². The number of esters is 1. The molecule has 1 saturated heterocycles. The first kappa shape index (κ1) is 15.4. The minimum atomic E-state index is -0.0932. The van der Waals surface area contributed by atoms with Crippen LogP contribution in [0.2, 0.25) is 0 Å². The van der Waals surface area contributed by atoms with Crippen LogP contribution in [0.1, 0.15) is 33.1 Å². The highest BCUT2D eigenvalue weighted by Gasteiger charge is 2.17. The lowest BCUT2D eigenvalue weighted by Crippen LogP contribution is -2.33. The van der Waals surface area contributed by atoms with Gasteiger partial charge in [-0.2, -0.15) is 0 Å². The van der Waals surface area contributed by atoms with Gasteiger partial charge in [0.1, 0.15) is 0 Å². The lowest BCUT2D eigenvalue weighted by molar-refractivity contribution is -0.147. The predicted octanol–water partition coefficient (Wildman–Crippen LogP) is 1.51. The molecule has 1 N–H and O–H groups in total. The van der Waals surface area contributed by atoms with Crippen LogP contribution in [0.4, 0.5) is 0 Å². The minimum Gasteiger partial charge on any atom is -0.466 e. The highest BCUT2D eigenvalue weighted by atomic mass is 16.5. The second-order valence-corrected chi connectivity index (χ2v) is 5.39. The van der Waals surface area contributed by atoms with Gasteiger partial charge in [-0.1, -0.05) is 6.92 Å². The lowest BCUT2D eigenvalue weighted by Gasteiger charge is -2.29. The van der Waals surface area contributed by atoms with Crippen molar-refractivity contribution in [2.45, 2.75) is 33.1 Å². The van der Waals surface area contributed by atoms with Gasteiger partial charge in [-0.15, -0.1) is 0 Å². The molecule has 0 aliphatic carbocycles. The number of likely N-dealkylation sites (tertiary alicyclic amines) is 1. The Morgan fingerprint density at radius 3 is 2.72 bits per heavy atom. The van der Waals surface area contributed by atoms with E-state index in [2.05, 4.69) is 17.3 Å². The number of rotatable bonds is 7. The third kappa shape index (κ3) is 5.83. The Kier molecular flexibility index (Phi) is 7.28. The summed E-state index contributed by atoms with van der Waals surface area (Å²) in [5.41, 5.74) is 0. The van der Waals surface area contributed by atoms with Crippen LogP contribution in [0, 0.1) is 11.8 Å². The van der Waals surface area contributed by atoms with Crippen LogP contribution < -0.4 is 5.32 Å². The topological polar surface area (TPSA) is 41.6 Å². The SMILES string of the molecule is CCOC(=O)C(C)CNCCC1CCN(C)CC1. The van der Waals surface area contributed by atoms with Crippen LogP contribution in [-0.2, 0) is 9.53 Å². The van der Waals surface area contributed by atoms with Crippen molar-refractivity contribution in [3.63, 3.8) is 0 Å². The molecule has 0 bridgehead atoms. The predicted molar refractivity (Wildman–Crippen MR) is 73.5 cm³/mol. The Morgan fingerprint density at radius 1 is 1.44 bits per heavy atom. The Balaban J connectivity index is 2.02. The van der Waals surface area contributed by atoms with Crippen LogP contribution >= 0.6 is 0 Å². The molecule has 1 atom stereocenters. The zero-order chi connectivity index (χ0) is 13.4. The largest absolute Gasteiger partial charge is 0.466 e. The van der Waals surface area contributed by atoms with E-state index < -0.39 is 0 Å². The van der Waals surface area contributed by atoms with Gasteiger partial charge in [0.05, 0.1) is 12.5 Å². The molecule has 0 aromatic carbocycles. The molecule has 0 amide bonds. The summed E-state index contributed by atoms with van der Waals surface area (Å²) in [7, 11) is 2.19. The zero-order valence-corrected chi connectivity index (χ0v) is 12.1. The van der Waals surface area contributed by atoms with Crippen LogP contribution in [0.5, 0.6) is 0 Å². The molecule has 18 heavy (non-hydrogen) atoms. The Hall–Kier alpha value is -0.610. The second kappa shape index (κ2) is 8.48. The fourth-order valence-corrected chi connectivity index (χ4v) is 2.34. The van der Waals surface area contributed by atoms with Crippen molar-refractivity contribution in [2.24, 2.45) is 11.8 Å². The van der Waals surface area contributed by atoms with Gasteiger partial charge in [-0.3, -0.25) is 4.79 Å². The van der Waals surface area contributed by atoms with E-state index >= 15 is 0 Å². The van der Waals surface area contributed by atoms with E-state index in [1.54, 1.807) is 0 Å². The number of carbonyl (C=O) groups is 1. The summed E-state index contributed by atoms with van der Waals surface area (Å²) in [5, 5.41) is 3.37. The molecule has 4 heteroatoms. The third-order valence-corrected chi connectivity index (χ3v) is 3.71. The van der Waals surface area contributed by atoms with Crippen molar-refractivity contribution in [3.8, 4) is 0 Å². The van der Waals surface area contributed by atoms with Gasteiger partial charge < -0.3 is 15.0 Å². The summed E-state index contributed by atoms with van der Waals surface area (Å²) in [6, 6.07) is 0. The maximum Gasteiger partial charge on any atom is 0.309 e. The molecular weight excluding hydrogens is 228 g/mol. The van der Waals surface area contributed by atoms with E-state index in [0.29, 0.717) is 6.61 Å². The average Bonchev–Trinajstić information content (AvgIpc) is 2.36. The molecule has 1 aliphatic rings. The van der Waals surface area contributed by atoms with Crippen molar-refractivity contribution in [3.05, 3.63) is 0 Å². The summed E-state index contributed by atoms with van der Waals surface area (Å²) < 4.78 is 4.98. The lowest BCUT2D eigenvalue weighted by atomic mass is 9.94. The summed E-state index contributed by atoms with van der Waals surface area (Å²) in [6.45, 7) is 8.43. The summed E-state index contributed by atoms with van der Waals surface area (Å²) in [4.78, 5) is 13.8. The van der Waals surface area contributed by atoms with Crippen molar-refractivity contribution < 1.29 is 9.53 Å². The number of hydrogen-bond acceptors (Lipinski definition) is 4. The molecule has 1 heterocycles. The summed E-state index contributed by atoms with van der Waals surface area (Å²) in [6.07, 6.45) is 3.85. The smallest absolute Gasteiger partial charge is 0.309 e. The molecule has 4 nitrogen and oxygen atoms in total. The molecule has 0 radical (unpaired) electrons. The zero-order valence-electron chi connectivity index (χ0n) is 12.1. The molecule has 106 valence electrons. The maximum atomic E-state index is 11.4. The average molecular weight is 256 g/mol. The van der Waals surface area contributed by atoms with Gasteiger partial charge in [0.15, 0.2) is 0 Å². The van der Waals surface area contributed by atoms with E-state index in [-0.39, 0.29) is 11.9 Å². The van der Waals surface area contributed by atoms with Crippen molar-refractivity contribution in [2.75, 3.05) is 39.8 Å². The second-order valence-electron chi connectivity index (χ2n) is 5.39. The van der Waals surface area contributed by atoms with E-state index in [1.807, 2.05) is 13.8 Å². The van der Waals surface area contributed by atoms with Gasteiger partial charge in [-0.05, 0) is 58.8 Å². The Morgan fingerprint density at radius 2 is 2.11 bits per heavy atom. The number of nitrogens with one attached hydrogen (secondary N) is 1. The van der Waals surface area contributed by atoms with Gasteiger partial charge in [-0.25, -0.2) is 0 Å². The van der Waals surface area contributed by atoms with Gasteiger partial charge in [0, 0.05) is 6.54 Å². The molecule has 0 saturated carbocycles. The first-order valence-corrected chi connectivity index (χ1v) is 7.19. The van der Waals surface area contributed by atoms with Crippen LogP contribution in [0.15, 0.2) is 0 Å². The molecule has 1 rings (SSSR count). The first-order valence-electron chi connectivity index (χ1n) is 7.19. The van der Waals surface area contributed by atoms with E-state index in [1.165, 1.54) is 32.4 Å². The third-order valence-electron chi connectivity index (χ3n) is 3.71. The highest BCUT2D eigenvalue weighted by Crippen LogP contribution is 2.18. The number of piperidine rings is 1. The fraction of sp³-hybridized carbons (Fsp3) is 0.929. The maximum absolute atomic E-state index is 11.4. The minimum absolute atomic E-state index is 0.0394. The fourth-order valence-electron chi connectivity index (χ4n) is 2.34. The molecule has 1 fully saturated rings. The molecule has 0 aromatic rings. The molecule has 0 aromatic heterocycles. The molecule has 1 unspecified atom stereocenters. The quantitative estimate of drug-likeness (QED) is 0.554. The number of nitrogens with zero attached hydrogens (tertiary/aromatic N) is 1. The normalized spacial score (nSPS) is 19.7. The molecular formula is C14H28N2O2. The number of carbonyl (C=O) groups excluding carboxylic acids is 1. The van der Waals surface area contributed by atoms with E-state index in [0.717, 1.165) is 19.0 Å². The monoisotopic (exact) mass is 256 g/mol.